The van der Waals surface area contributed by atoms with Crippen LogP contribution in [-0.2, 0) is 11.3 Å². The zero-order valence-corrected chi connectivity index (χ0v) is 14.6. The molecule has 0 saturated carbocycles. The Morgan fingerprint density at radius 3 is 2.74 bits per heavy atom. The lowest BCUT2D eigenvalue weighted by molar-refractivity contribution is 0.0520. The Hall–Kier alpha value is -3.48. The number of aromatic nitrogens is 4. The summed E-state index contributed by atoms with van der Waals surface area (Å²) in [4.78, 5) is 12.0. The van der Waals surface area contributed by atoms with E-state index in [1.165, 1.54) is 12.1 Å². The zero-order valence-electron chi connectivity index (χ0n) is 14.6. The summed E-state index contributed by atoms with van der Waals surface area (Å²) in [6.07, 6.45) is 1.98. The van der Waals surface area contributed by atoms with Crippen molar-refractivity contribution in [3.8, 4) is 11.3 Å². The number of carbonyl (C=O) groups is 1. The SMILES string of the molecule is CCOC(=O)c1n[nH]nc1-c1ccc2c(ccn2Cc2ccc(F)cc2)c1. The molecule has 0 saturated heterocycles. The molecule has 2 aromatic heterocycles. The molecular weight excluding hydrogens is 347 g/mol. The Morgan fingerprint density at radius 1 is 1.15 bits per heavy atom. The third-order valence-corrected chi connectivity index (χ3v) is 4.33. The van der Waals surface area contributed by atoms with Crippen molar-refractivity contribution in [3.05, 3.63) is 71.8 Å². The van der Waals surface area contributed by atoms with Crippen LogP contribution in [0.2, 0.25) is 0 Å². The third kappa shape index (κ3) is 3.31. The molecule has 0 amide bonds. The van der Waals surface area contributed by atoms with E-state index in [0.29, 0.717) is 12.2 Å². The molecule has 0 bridgehead atoms. The maximum absolute atomic E-state index is 13.1. The first-order chi connectivity index (χ1) is 13.2. The van der Waals surface area contributed by atoms with E-state index in [2.05, 4.69) is 20.0 Å². The second-order valence-corrected chi connectivity index (χ2v) is 6.08. The van der Waals surface area contributed by atoms with Crippen LogP contribution in [0.1, 0.15) is 23.0 Å². The predicted octanol–water partition coefficient (Wildman–Crippen LogP) is 3.79. The lowest BCUT2D eigenvalue weighted by Gasteiger charge is -2.07. The maximum atomic E-state index is 13.1. The molecule has 2 heterocycles. The lowest BCUT2D eigenvalue weighted by Crippen LogP contribution is -2.06. The van der Waals surface area contributed by atoms with Crippen molar-refractivity contribution in [1.82, 2.24) is 20.0 Å². The number of carbonyl (C=O) groups excluding carboxylic acids is 1. The number of halogens is 1. The smallest absolute Gasteiger partial charge is 0.361 e. The molecule has 0 atom stereocenters. The maximum Gasteiger partial charge on any atom is 0.361 e. The Balaban J connectivity index is 1.66. The van der Waals surface area contributed by atoms with Crippen molar-refractivity contribution in [2.45, 2.75) is 13.5 Å². The summed E-state index contributed by atoms with van der Waals surface area (Å²) in [6, 6.07) is 14.3. The summed E-state index contributed by atoms with van der Waals surface area (Å²) in [7, 11) is 0. The van der Waals surface area contributed by atoms with Crippen molar-refractivity contribution < 1.29 is 13.9 Å². The quantitative estimate of drug-likeness (QED) is 0.547. The predicted molar refractivity (Wildman–Crippen MR) is 98.8 cm³/mol. The number of rotatable bonds is 5. The normalized spacial score (nSPS) is 11.0. The number of ether oxygens (including phenoxy) is 1. The van der Waals surface area contributed by atoms with Crippen LogP contribution in [0.5, 0.6) is 0 Å². The molecule has 0 spiro atoms. The number of hydrogen-bond donors (Lipinski definition) is 1. The van der Waals surface area contributed by atoms with Gasteiger partial charge in [0.15, 0.2) is 5.69 Å². The molecule has 2 aromatic carbocycles. The van der Waals surface area contributed by atoms with Gasteiger partial charge in [0.25, 0.3) is 0 Å². The minimum absolute atomic E-state index is 0.168. The van der Waals surface area contributed by atoms with Gasteiger partial charge >= 0.3 is 5.97 Å². The van der Waals surface area contributed by atoms with Crippen LogP contribution in [0.25, 0.3) is 22.2 Å². The molecule has 0 radical (unpaired) electrons. The number of benzene rings is 2. The van der Waals surface area contributed by atoms with Gasteiger partial charge in [-0.2, -0.15) is 10.3 Å². The Morgan fingerprint density at radius 2 is 1.96 bits per heavy atom. The topological polar surface area (TPSA) is 72.8 Å². The first-order valence-electron chi connectivity index (χ1n) is 8.57. The molecule has 0 aliphatic rings. The summed E-state index contributed by atoms with van der Waals surface area (Å²) < 4.78 is 20.2. The van der Waals surface area contributed by atoms with Crippen LogP contribution in [0.4, 0.5) is 4.39 Å². The molecule has 0 unspecified atom stereocenters. The molecule has 6 nitrogen and oxygen atoms in total. The summed E-state index contributed by atoms with van der Waals surface area (Å²) in [5.41, 5.74) is 3.45. The standard InChI is InChI=1S/C20H17FN4O2/c1-2-27-20(26)19-18(22-24-23-19)15-5-8-17-14(11-15)9-10-25(17)12-13-3-6-16(21)7-4-13/h3-11H,2,12H2,1H3,(H,22,23,24). The summed E-state index contributed by atoms with van der Waals surface area (Å²) in [6.45, 7) is 2.66. The van der Waals surface area contributed by atoms with Crippen LogP contribution in [0.3, 0.4) is 0 Å². The van der Waals surface area contributed by atoms with E-state index < -0.39 is 5.97 Å². The van der Waals surface area contributed by atoms with Crippen LogP contribution in [-0.4, -0.2) is 32.6 Å². The van der Waals surface area contributed by atoms with E-state index in [-0.39, 0.29) is 18.1 Å². The van der Waals surface area contributed by atoms with Crippen LogP contribution >= 0.6 is 0 Å². The minimum Gasteiger partial charge on any atom is -0.461 e. The van der Waals surface area contributed by atoms with Gasteiger partial charge in [0, 0.05) is 29.2 Å². The average Bonchev–Trinajstić information content (AvgIpc) is 3.31. The Labute approximate surface area is 154 Å². The van der Waals surface area contributed by atoms with Gasteiger partial charge in [-0.25, -0.2) is 9.18 Å². The van der Waals surface area contributed by atoms with Crippen molar-refractivity contribution in [2.24, 2.45) is 0 Å². The molecule has 4 aromatic rings. The van der Waals surface area contributed by atoms with Gasteiger partial charge in [-0.05, 0) is 42.8 Å². The van der Waals surface area contributed by atoms with Crippen LogP contribution < -0.4 is 0 Å². The number of fused-ring (bicyclic) bond motifs is 1. The van der Waals surface area contributed by atoms with Gasteiger partial charge in [-0.3, -0.25) is 0 Å². The van der Waals surface area contributed by atoms with E-state index in [1.54, 1.807) is 19.1 Å². The second-order valence-electron chi connectivity index (χ2n) is 6.08. The van der Waals surface area contributed by atoms with E-state index in [0.717, 1.165) is 22.0 Å². The van der Waals surface area contributed by atoms with Crippen molar-refractivity contribution in [2.75, 3.05) is 6.61 Å². The highest BCUT2D eigenvalue weighted by Crippen LogP contribution is 2.26. The first-order valence-corrected chi connectivity index (χ1v) is 8.57. The Kier molecular flexibility index (Phi) is 4.42. The van der Waals surface area contributed by atoms with Gasteiger partial charge in [0.05, 0.1) is 6.61 Å². The van der Waals surface area contributed by atoms with Gasteiger partial charge in [0.1, 0.15) is 11.5 Å². The van der Waals surface area contributed by atoms with Gasteiger partial charge < -0.3 is 9.30 Å². The summed E-state index contributed by atoms with van der Waals surface area (Å²) >= 11 is 0. The molecule has 0 aliphatic heterocycles. The second kappa shape index (κ2) is 7.03. The highest BCUT2D eigenvalue weighted by atomic mass is 19.1. The number of hydrogen-bond acceptors (Lipinski definition) is 4. The number of nitrogens with zero attached hydrogens (tertiary/aromatic N) is 3. The molecule has 0 fully saturated rings. The highest BCUT2D eigenvalue weighted by Gasteiger charge is 2.19. The lowest BCUT2D eigenvalue weighted by atomic mass is 10.1. The molecule has 4 rings (SSSR count). The van der Waals surface area contributed by atoms with Gasteiger partial charge in [-0.1, -0.05) is 18.2 Å². The number of H-pyrrole nitrogens is 1. The van der Waals surface area contributed by atoms with E-state index in [9.17, 15) is 9.18 Å². The fourth-order valence-corrected chi connectivity index (χ4v) is 3.05. The monoisotopic (exact) mass is 364 g/mol. The molecule has 27 heavy (non-hydrogen) atoms. The molecular formula is C20H17FN4O2. The fourth-order valence-electron chi connectivity index (χ4n) is 3.05. The summed E-state index contributed by atoms with van der Waals surface area (Å²) in [5.74, 6) is -0.749. The minimum atomic E-state index is -0.504. The third-order valence-electron chi connectivity index (χ3n) is 4.33. The van der Waals surface area contributed by atoms with Crippen molar-refractivity contribution in [3.63, 3.8) is 0 Å². The van der Waals surface area contributed by atoms with E-state index in [4.69, 9.17) is 4.74 Å². The molecule has 1 N–H and O–H groups in total. The van der Waals surface area contributed by atoms with E-state index >= 15 is 0 Å². The van der Waals surface area contributed by atoms with E-state index in [1.807, 2.05) is 30.5 Å². The number of nitrogens with one attached hydrogen (secondary N) is 1. The average molecular weight is 364 g/mol. The van der Waals surface area contributed by atoms with Crippen LogP contribution in [0.15, 0.2) is 54.7 Å². The Bertz CT molecular complexity index is 1100. The van der Waals surface area contributed by atoms with Gasteiger partial charge in [-0.15, -0.1) is 5.10 Å². The fraction of sp³-hybridized carbons (Fsp3) is 0.150. The van der Waals surface area contributed by atoms with Crippen LogP contribution in [0, 0.1) is 5.82 Å². The molecule has 7 heteroatoms. The highest BCUT2D eigenvalue weighted by molar-refractivity contribution is 5.95. The largest absolute Gasteiger partial charge is 0.461 e. The number of esters is 1. The zero-order chi connectivity index (χ0) is 18.8. The molecule has 136 valence electrons. The van der Waals surface area contributed by atoms with Crippen molar-refractivity contribution >= 4 is 16.9 Å². The first kappa shape index (κ1) is 17.0. The van der Waals surface area contributed by atoms with Crippen molar-refractivity contribution in [1.29, 1.82) is 0 Å². The molecule has 0 aliphatic carbocycles. The van der Waals surface area contributed by atoms with Gasteiger partial charge in [0.2, 0.25) is 0 Å². The number of aromatic amines is 1. The summed E-state index contributed by atoms with van der Waals surface area (Å²) in [5, 5.41) is 11.5.